The number of nitro benzene ring substituents is 1. The SMILES string of the molecule is CC(=O)OC12C(C3C=C(CO)C[C@]4(O)C(=O)C(C)=C[C@H]4[C@@]3(O)[C@H](C)[C@H]1OC(=O)c1cc(N=[N+]=[N-])ccc1[N+](=O)[O-])C2(C)C. The molecule has 0 amide bonds. The Morgan fingerprint density at radius 3 is 2.51 bits per heavy atom. The number of aliphatic hydroxyl groups is 3. The van der Waals surface area contributed by atoms with Gasteiger partial charge < -0.3 is 24.8 Å². The molecule has 0 aliphatic heterocycles. The van der Waals surface area contributed by atoms with E-state index in [0.717, 1.165) is 18.2 Å². The van der Waals surface area contributed by atoms with Crippen molar-refractivity contribution in [1.82, 2.24) is 0 Å². The Bertz CT molecular complexity index is 1580. The highest BCUT2D eigenvalue weighted by Gasteiger charge is 2.87. The first-order valence-electron chi connectivity index (χ1n) is 13.7. The third-order valence-corrected chi connectivity index (χ3v) is 10.1. The van der Waals surface area contributed by atoms with Crippen LogP contribution in [0.4, 0.5) is 11.4 Å². The summed E-state index contributed by atoms with van der Waals surface area (Å²) in [6, 6.07) is 3.15. The van der Waals surface area contributed by atoms with Crippen molar-refractivity contribution in [2.45, 2.75) is 63.9 Å². The lowest BCUT2D eigenvalue weighted by molar-refractivity contribution is -0.385. The van der Waals surface area contributed by atoms with Crippen LogP contribution in [0.25, 0.3) is 10.4 Å². The molecule has 0 spiro atoms. The van der Waals surface area contributed by atoms with Crippen molar-refractivity contribution in [2.75, 3.05) is 6.61 Å². The Kier molecular flexibility index (Phi) is 6.86. The smallest absolute Gasteiger partial charge is 0.345 e. The molecule has 0 bridgehead atoms. The maximum Gasteiger partial charge on any atom is 0.345 e. The highest BCUT2D eigenvalue weighted by molar-refractivity contribution is 6.05. The van der Waals surface area contributed by atoms with E-state index in [1.54, 1.807) is 19.9 Å². The second-order valence-electron chi connectivity index (χ2n) is 12.5. The third kappa shape index (κ3) is 3.97. The number of Topliss-reactive ketones (excluding diaryl/α,β-unsaturated/α-hetero) is 1. The molecule has 43 heavy (non-hydrogen) atoms. The number of azide groups is 1. The lowest BCUT2D eigenvalue weighted by atomic mass is 9.59. The molecule has 0 radical (unpaired) electrons. The molecule has 4 aliphatic rings. The van der Waals surface area contributed by atoms with Crippen LogP contribution in [-0.2, 0) is 19.1 Å². The maximum atomic E-state index is 13.7. The van der Waals surface area contributed by atoms with E-state index in [-0.39, 0.29) is 17.7 Å². The largest absolute Gasteiger partial charge is 0.454 e. The van der Waals surface area contributed by atoms with Gasteiger partial charge in [-0.1, -0.05) is 38.0 Å². The van der Waals surface area contributed by atoms with Crippen LogP contribution in [0.1, 0.15) is 51.4 Å². The maximum absolute atomic E-state index is 13.7. The topological polar surface area (TPSA) is 222 Å². The summed E-state index contributed by atoms with van der Waals surface area (Å²) in [7, 11) is 0. The van der Waals surface area contributed by atoms with E-state index in [9.17, 15) is 39.8 Å². The van der Waals surface area contributed by atoms with Gasteiger partial charge in [-0.15, -0.1) is 0 Å². The Labute approximate surface area is 245 Å². The van der Waals surface area contributed by atoms with Crippen molar-refractivity contribution in [2.24, 2.45) is 34.2 Å². The van der Waals surface area contributed by atoms with Crippen molar-refractivity contribution < 1.29 is 44.1 Å². The standard InChI is InChI=1S/C29H32N4O10/c1-13-8-21-27(38,23(13)36)11-16(12-34)9-19-22-26(4,5)29(22,43-15(3)35)24(14(2)28(19,21)39)42-25(37)18-10-17(31-32-30)6-7-20(18)33(40)41/h6-10,14,19,21-22,24,34,38-39H,11-12H2,1-5H3/t14-,19?,21-,22?,24-,27-,28-,29?/m1/s1. The van der Waals surface area contributed by atoms with E-state index < -0.39 is 92.5 Å². The molecule has 0 aromatic heterocycles. The first-order chi connectivity index (χ1) is 20.0. The van der Waals surface area contributed by atoms with Gasteiger partial charge in [0.25, 0.3) is 5.69 Å². The molecule has 228 valence electrons. The van der Waals surface area contributed by atoms with Gasteiger partial charge in [0, 0.05) is 59.1 Å². The quantitative estimate of drug-likeness (QED) is 0.0827. The van der Waals surface area contributed by atoms with Crippen LogP contribution in [0.2, 0.25) is 0 Å². The van der Waals surface area contributed by atoms with Crippen molar-refractivity contribution in [3.8, 4) is 0 Å². The molecule has 0 heterocycles. The minimum absolute atomic E-state index is 0.0876. The summed E-state index contributed by atoms with van der Waals surface area (Å²) in [4.78, 5) is 53.2. The average Bonchev–Trinajstić information content (AvgIpc) is 3.35. The molecular weight excluding hydrogens is 564 g/mol. The molecule has 8 atom stereocenters. The zero-order valence-electron chi connectivity index (χ0n) is 24.2. The van der Waals surface area contributed by atoms with Crippen LogP contribution in [-0.4, -0.2) is 67.5 Å². The van der Waals surface area contributed by atoms with Gasteiger partial charge in [-0.3, -0.25) is 19.7 Å². The summed E-state index contributed by atoms with van der Waals surface area (Å²) in [5, 5.41) is 49.9. The van der Waals surface area contributed by atoms with E-state index in [1.807, 2.05) is 0 Å². The number of nitro groups is 1. The van der Waals surface area contributed by atoms with Crippen molar-refractivity contribution in [1.29, 1.82) is 0 Å². The van der Waals surface area contributed by atoms with Crippen LogP contribution in [0.5, 0.6) is 0 Å². The Morgan fingerprint density at radius 2 is 1.93 bits per heavy atom. The van der Waals surface area contributed by atoms with Crippen LogP contribution >= 0.6 is 0 Å². The Balaban J connectivity index is 1.70. The number of benzene rings is 1. The summed E-state index contributed by atoms with van der Waals surface area (Å²) >= 11 is 0. The number of ketones is 1. The van der Waals surface area contributed by atoms with Crippen molar-refractivity contribution in [3.63, 3.8) is 0 Å². The number of ether oxygens (including phenoxy) is 2. The number of carbonyl (C=O) groups is 3. The van der Waals surface area contributed by atoms with E-state index in [2.05, 4.69) is 10.0 Å². The van der Waals surface area contributed by atoms with E-state index in [0.29, 0.717) is 5.57 Å². The van der Waals surface area contributed by atoms with Gasteiger partial charge in [0.2, 0.25) is 0 Å². The summed E-state index contributed by atoms with van der Waals surface area (Å²) in [6.45, 7) is 7.25. The lowest BCUT2D eigenvalue weighted by Crippen LogP contribution is -2.66. The van der Waals surface area contributed by atoms with Gasteiger partial charge >= 0.3 is 11.9 Å². The highest BCUT2D eigenvalue weighted by atomic mass is 16.6. The van der Waals surface area contributed by atoms with E-state index >= 15 is 0 Å². The molecule has 1 aromatic carbocycles. The van der Waals surface area contributed by atoms with Gasteiger partial charge in [0.1, 0.15) is 17.3 Å². The molecule has 4 aliphatic carbocycles. The van der Waals surface area contributed by atoms with Gasteiger partial charge in [-0.05, 0) is 35.7 Å². The zero-order chi connectivity index (χ0) is 31.9. The fourth-order valence-corrected chi connectivity index (χ4v) is 8.20. The van der Waals surface area contributed by atoms with Crippen molar-refractivity contribution >= 4 is 29.1 Å². The Morgan fingerprint density at radius 1 is 1.26 bits per heavy atom. The second-order valence-corrected chi connectivity index (χ2v) is 12.5. The Hall–Kier alpha value is -4.10. The molecular formula is C29H32N4O10. The summed E-state index contributed by atoms with van der Waals surface area (Å²) in [5.41, 5.74) is 1.57. The number of hydrogen-bond acceptors (Lipinski definition) is 11. The van der Waals surface area contributed by atoms with E-state index in [1.165, 1.54) is 26.8 Å². The molecule has 3 unspecified atom stereocenters. The van der Waals surface area contributed by atoms with Gasteiger partial charge in [-0.25, -0.2) is 4.79 Å². The highest BCUT2D eigenvalue weighted by Crippen LogP contribution is 2.77. The lowest BCUT2D eigenvalue weighted by Gasteiger charge is -2.53. The van der Waals surface area contributed by atoms with Gasteiger partial charge in [0.05, 0.1) is 17.1 Å². The van der Waals surface area contributed by atoms with Gasteiger partial charge in [-0.2, -0.15) is 0 Å². The molecule has 1 aromatic rings. The predicted octanol–water partition coefficient (Wildman–Crippen LogP) is 3.22. The molecule has 14 heteroatoms. The van der Waals surface area contributed by atoms with Crippen LogP contribution < -0.4 is 0 Å². The minimum Gasteiger partial charge on any atom is -0.454 e. The molecule has 0 saturated heterocycles. The van der Waals surface area contributed by atoms with Crippen LogP contribution in [0, 0.1) is 39.2 Å². The number of aliphatic hydroxyl groups excluding tert-OH is 1. The van der Waals surface area contributed by atoms with Gasteiger partial charge in [0.15, 0.2) is 11.4 Å². The van der Waals surface area contributed by atoms with Crippen LogP contribution in [0.3, 0.4) is 0 Å². The molecule has 2 saturated carbocycles. The summed E-state index contributed by atoms with van der Waals surface area (Å²) in [5.74, 6) is -6.41. The first-order valence-corrected chi connectivity index (χ1v) is 13.7. The third-order valence-electron chi connectivity index (χ3n) is 10.1. The minimum atomic E-state index is -2.10. The second kappa shape index (κ2) is 9.71. The zero-order valence-corrected chi connectivity index (χ0v) is 24.2. The molecule has 14 nitrogen and oxygen atoms in total. The monoisotopic (exact) mass is 596 g/mol. The molecule has 5 rings (SSSR count). The number of carbonyl (C=O) groups excluding carboxylic acids is 3. The average molecular weight is 597 g/mol. The normalized spacial score (nSPS) is 36.8. The molecule has 2 fully saturated rings. The summed E-state index contributed by atoms with van der Waals surface area (Å²) in [6.07, 6.45) is 1.45. The number of rotatable bonds is 6. The fraction of sp³-hybridized carbons (Fsp3) is 0.552. The number of nitrogens with zero attached hydrogens (tertiary/aromatic N) is 4. The summed E-state index contributed by atoms with van der Waals surface area (Å²) < 4.78 is 11.9. The molecule has 3 N–H and O–H groups in total. The number of esters is 2. The fourth-order valence-electron chi connectivity index (χ4n) is 8.20. The van der Waals surface area contributed by atoms with Crippen molar-refractivity contribution in [3.05, 3.63) is 67.6 Å². The number of fused-ring (bicyclic) bond motifs is 5. The number of hydrogen-bond donors (Lipinski definition) is 3. The first kappa shape index (κ1) is 30.4. The van der Waals surface area contributed by atoms with Crippen LogP contribution in [0.15, 0.2) is 46.6 Å². The predicted molar refractivity (Wildman–Crippen MR) is 147 cm³/mol. The van der Waals surface area contributed by atoms with E-state index in [4.69, 9.17) is 15.0 Å².